The van der Waals surface area contributed by atoms with Crippen molar-refractivity contribution in [3.63, 3.8) is 0 Å². The molecule has 2 nitrogen and oxygen atoms in total. The van der Waals surface area contributed by atoms with Crippen molar-refractivity contribution in [1.82, 2.24) is 5.32 Å². The van der Waals surface area contributed by atoms with Gasteiger partial charge in [-0.1, -0.05) is 6.92 Å². The van der Waals surface area contributed by atoms with Gasteiger partial charge in [0.05, 0.1) is 0 Å². The SMILES string of the molecule is CC[CH-]NC.[C-]=O.[CH3-].[Ru+3]. The van der Waals surface area contributed by atoms with Crippen LogP contribution in [0.1, 0.15) is 13.3 Å². The van der Waals surface area contributed by atoms with Crippen molar-refractivity contribution in [2.24, 2.45) is 0 Å². The Kier molecular flexibility index (Phi) is 104. The van der Waals surface area contributed by atoms with Crippen LogP contribution >= 0.6 is 0 Å². The molecule has 0 heterocycles. The van der Waals surface area contributed by atoms with E-state index in [1.807, 2.05) is 13.6 Å². The zero-order valence-corrected chi connectivity index (χ0v) is 7.78. The van der Waals surface area contributed by atoms with Gasteiger partial charge in [-0.25, -0.2) is 0 Å². The van der Waals surface area contributed by atoms with Crippen LogP contribution < -0.4 is 5.32 Å². The minimum atomic E-state index is 0. The molecule has 0 aliphatic rings. The van der Waals surface area contributed by atoms with Crippen molar-refractivity contribution in [3.05, 3.63) is 14.0 Å². The van der Waals surface area contributed by atoms with E-state index in [9.17, 15) is 0 Å². The van der Waals surface area contributed by atoms with Crippen LogP contribution in [0.4, 0.5) is 0 Å². The first-order valence-electron chi connectivity index (χ1n) is 2.11. The third-order valence-corrected chi connectivity index (χ3v) is 0.408. The predicted octanol–water partition coefficient (Wildman–Crippen LogP) is 0.828. The molecular formula is C6H13NORu. The first-order valence-corrected chi connectivity index (χ1v) is 2.11. The van der Waals surface area contributed by atoms with Crippen molar-refractivity contribution >= 4 is 6.79 Å². The molecule has 56 valence electrons. The summed E-state index contributed by atoms with van der Waals surface area (Å²) in [4.78, 5) is 7.50. The van der Waals surface area contributed by atoms with Crippen molar-refractivity contribution < 1.29 is 24.3 Å². The molecule has 0 aliphatic carbocycles. The average molecular weight is 216 g/mol. The summed E-state index contributed by atoms with van der Waals surface area (Å²) in [5, 5.41) is 2.89. The van der Waals surface area contributed by atoms with Crippen LogP contribution in [0.2, 0.25) is 0 Å². The van der Waals surface area contributed by atoms with Crippen LogP contribution in [-0.4, -0.2) is 13.8 Å². The Morgan fingerprint density at radius 1 is 1.56 bits per heavy atom. The summed E-state index contributed by atoms with van der Waals surface area (Å²) in [5.41, 5.74) is 0. The quantitative estimate of drug-likeness (QED) is 0.547. The smallest absolute Gasteiger partial charge is 0.573 e. The van der Waals surface area contributed by atoms with Gasteiger partial charge in [-0.05, 0) is 7.05 Å². The Morgan fingerprint density at radius 3 is 1.89 bits per heavy atom. The maximum absolute atomic E-state index is 7.50. The molecule has 0 aromatic heterocycles. The van der Waals surface area contributed by atoms with Crippen LogP contribution in [0.15, 0.2) is 0 Å². The Morgan fingerprint density at radius 2 is 1.89 bits per heavy atom. The topological polar surface area (TPSA) is 29.1 Å². The Hall–Kier alpha value is 0.253. The van der Waals surface area contributed by atoms with Crippen molar-refractivity contribution in [3.8, 4) is 0 Å². The minimum absolute atomic E-state index is 0. The molecule has 0 spiro atoms. The average Bonchev–Trinajstić information content (AvgIpc) is 1.75. The third kappa shape index (κ3) is 63.6. The molecule has 2 radical (unpaired) electrons. The predicted molar refractivity (Wildman–Crippen MR) is 35.8 cm³/mol. The number of hydrogen-bond acceptors (Lipinski definition) is 2. The number of nitrogens with one attached hydrogen (secondary N) is 1. The third-order valence-electron chi connectivity index (χ3n) is 0.408. The fourth-order valence-corrected chi connectivity index (χ4v) is 0.204. The molecule has 0 fully saturated rings. The molecule has 0 saturated heterocycles. The molecule has 0 aliphatic heterocycles. The summed E-state index contributed by atoms with van der Waals surface area (Å²) in [6, 6.07) is 0. The van der Waals surface area contributed by atoms with E-state index in [1.165, 1.54) is 0 Å². The second-order valence-electron chi connectivity index (χ2n) is 0.901. The van der Waals surface area contributed by atoms with Gasteiger partial charge in [0.2, 0.25) is 0 Å². The zero-order chi connectivity index (χ0) is 6.12. The van der Waals surface area contributed by atoms with Gasteiger partial charge in [0.25, 0.3) is 0 Å². The van der Waals surface area contributed by atoms with Crippen LogP contribution in [0.3, 0.4) is 0 Å². The van der Waals surface area contributed by atoms with Gasteiger partial charge in [-0.2, -0.15) is 6.42 Å². The minimum Gasteiger partial charge on any atom is -0.573 e. The summed E-state index contributed by atoms with van der Waals surface area (Å²) < 4.78 is 0. The molecule has 0 atom stereocenters. The fourth-order valence-electron chi connectivity index (χ4n) is 0.204. The van der Waals surface area contributed by atoms with E-state index in [0.29, 0.717) is 0 Å². The van der Waals surface area contributed by atoms with Gasteiger partial charge in [0.1, 0.15) is 0 Å². The van der Waals surface area contributed by atoms with Gasteiger partial charge in [0.15, 0.2) is 0 Å². The molecular weight excluding hydrogens is 203 g/mol. The van der Waals surface area contributed by atoms with Crippen molar-refractivity contribution in [2.45, 2.75) is 13.3 Å². The van der Waals surface area contributed by atoms with Crippen LogP contribution in [0.5, 0.6) is 0 Å². The maximum Gasteiger partial charge on any atom is 3.00 e. The molecule has 0 rings (SSSR count). The van der Waals surface area contributed by atoms with Gasteiger partial charge in [-0.15, -0.1) is 0 Å². The van der Waals surface area contributed by atoms with Gasteiger partial charge < -0.3 is 24.3 Å². The van der Waals surface area contributed by atoms with Gasteiger partial charge in [0, 0.05) is 0 Å². The van der Waals surface area contributed by atoms with E-state index in [-0.39, 0.29) is 26.9 Å². The summed E-state index contributed by atoms with van der Waals surface area (Å²) in [6.45, 7) is 8.59. The monoisotopic (exact) mass is 217 g/mol. The standard InChI is InChI=1S/C4H10N.CO.CH3.Ru/c1-3-4-5-2;1-2;;/h4-5H,3H2,1-2H3;;1H3;/q3*-1;+3. The van der Waals surface area contributed by atoms with E-state index < -0.39 is 0 Å². The Bertz CT molecular complexity index is 27.0. The molecule has 0 amide bonds. The van der Waals surface area contributed by atoms with Gasteiger partial charge in [-0.3, -0.25) is 6.54 Å². The Labute approximate surface area is 71.2 Å². The van der Waals surface area contributed by atoms with E-state index >= 15 is 0 Å². The molecule has 9 heavy (non-hydrogen) atoms. The van der Waals surface area contributed by atoms with Crippen LogP contribution in [-0.2, 0) is 24.3 Å². The van der Waals surface area contributed by atoms with E-state index in [0.717, 1.165) is 6.42 Å². The largest absolute Gasteiger partial charge is 3.00 e. The molecule has 0 unspecified atom stereocenters. The van der Waals surface area contributed by atoms with E-state index in [2.05, 4.69) is 19.0 Å². The van der Waals surface area contributed by atoms with Gasteiger partial charge >= 0.3 is 19.5 Å². The number of rotatable bonds is 2. The molecule has 0 aromatic rings. The van der Waals surface area contributed by atoms with E-state index in [1.54, 1.807) is 0 Å². The summed E-state index contributed by atoms with van der Waals surface area (Å²) in [7, 11) is 1.91. The summed E-state index contributed by atoms with van der Waals surface area (Å²) in [6.07, 6.45) is 1.11. The summed E-state index contributed by atoms with van der Waals surface area (Å²) in [5.74, 6) is 0. The summed E-state index contributed by atoms with van der Waals surface area (Å²) >= 11 is 0. The van der Waals surface area contributed by atoms with E-state index in [4.69, 9.17) is 4.79 Å². The van der Waals surface area contributed by atoms with Crippen LogP contribution in [0, 0.1) is 14.0 Å². The van der Waals surface area contributed by atoms with Crippen molar-refractivity contribution in [1.29, 1.82) is 0 Å². The molecule has 1 N–H and O–H groups in total. The number of carbonyl (C=O) groups excluding carboxylic acids is 1. The second kappa shape index (κ2) is 41.0. The molecule has 0 bridgehead atoms. The fraction of sp³-hybridized carbons (Fsp3) is 0.500. The van der Waals surface area contributed by atoms with Crippen molar-refractivity contribution in [2.75, 3.05) is 7.05 Å². The zero-order valence-electron chi connectivity index (χ0n) is 6.05. The number of hydrogen-bond donors (Lipinski definition) is 1. The molecule has 0 saturated carbocycles. The molecule has 3 heteroatoms. The normalized spacial score (nSPS) is 5.11. The molecule has 0 aromatic carbocycles. The van der Waals surface area contributed by atoms with Crippen LogP contribution in [0.25, 0.3) is 0 Å². The maximum atomic E-state index is 7.50. The first-order chi connectivity index (χ1) is 3.41. The second-order valence-corrected chi connectivity index (χ2v) is 0.901. The first kappa shape index (κ1) is 22.8. The Balaban J connectivity index is -0.0000000286.